The van der Waals surface area contributed by atoms with E-state index in [9.17, 15) is 8.42 Å². The molecule has 0 saturated carbocycles. The van der Waals surface area contributed by atoms with E-state index in [-0.39, 0.29) is 20.8 Å². The normalized spacial score (nSPS) is 11.1. The average molecular weight is 329 g/mol. The second-order valence-electron chi connectivity index (χ2n) is 2.59. The van der Waals surface area contributed by atoms with Gasteiger partial charge >= 0.3 is 0 Å². The highest BCUT2D eigenvalue weighted by atomic mass is 79.9. The molecule has 0 aromatic heterocycles. The molecule has 80 valence electrons. The van der Waals surface area contributed by atoms with Crippen molar-refractivity contribution in [1.29, 1.82) is 5.26 Å². The van der Waals surface area contributed by atoms with Gasteiger partial charge in [-0.2, -0.15) is 5.26 Å². The number of rotatable bonds is 2. The van der Waals surface area contributed by atoms with Crippen molar-refractivity contribution in [3.05, 3.63) is 27.7 Å². The molecule has 1 aromatic carbocycles. The predicted molar refractivity (Wildman–Crippen MR) is 61.5 cm³/mol. The van der Waals surface area contributed by atoms with Crippen LogP contribution in [0.15, 0.2) is 21.5 Å². The fourth-order valence-electron chi connectivity index (χ4n) is 1.07. The van der Waals surface area contributed by atoms with E-state index in [4.69, 9.17) is 27.5 Å². The summed E-state index contributed by atoms with van der Waals surface area (Å²) < 4.78 is 22.7. The fraction of sp³-hybridized carbons (Fsp3) is 0.125. The molecular weight excluding hydrogens is 325 g/mol. The molecule has 0 aliphatic rings. The summed E-state index contributed by atoms with van der Waals surface area (Å²) in [7, 11) is 1.26. The molecule has 0 bridgehead atoms. The van der Waals surface area contributed by atoms with Crippen LogP contribution in [-0.2, 0) is 14.9 Å². The van der Waals surface area contributed by atoms with E-state index < -0.39 is 9.05 Å². The van der Waals surface area contributed by atoms with E-state index >= 15 is 0 Å². The number of alkyl halides is 1. The zero-order valence-corrected chi connectivity index (χ0v) is 11.1. The SMILES string of the molecule is N#Cc1c(CCl)ccc(Br)c1S(=O)(=O)Cl. The lowest BCUT2D eigenvalue weighted by Gasteiger charge is -2.06. The first-order valence-electron chi connectivity index (χ1n) is 3.64. The van der Waals surface area contributed by atoms with Gasteiger partial charge in [0.05, 0.1) is 5.56 Å². The van der Waals surface area contributed by atoms with Crippen LogP contribution in [0.1, 0.15) is 11.1 Å². The summed E-state index contributed by atoms with van der Waals surface area (Å²) in [5.74, 6) is 0.0512. The monoisotopic (exact) mass is 327 g/mol. The Kier molecular flexibility index (Phi) is 4.01. The first-order chi connectivity index (χ1) is 6.91. The molecule has 0 unspecified atom stereocenters. The Labute approximate surface area is 105 Å². The molecule has 0 spiro atoms. The van der Waals surface area contributed by atoms with Crippen molar-refractivity contribution in [1.82, 2.24) is 0 Å². The van der Waals surface area contributed by atoms with Gasteiger partial charge in [-0.3, -0.25) is 0 Å². The standard InChI is InChI=1S/C8H4BrCl2NO2S/c9-7-2-1-5(3-10)6(4-12)8(7)15(11,13)14/h1-2H,3H2. The molecule has 0 amide bonds. The number of halogens is 3. The van der Waals surface area contributed by atoms with E-state index in [1.807, 2.05) is 0 Å². The van der Waals surface area contributed by atoms with Crippen molar-refractivity contribution in [2.75, 3.05) is 0 Å². The topological polar surface area (TPSA) is 57.9 Å². The Morgan fingerprint density at radius 2 is 2.07 bits per heavy atom. The number of hydrogen-bond donors (Lipinski definition) is 0. The number of hydrogen-bond acceptors (Lipinski definition) is 3. The van der Waals surface area contributed by atoms with Crippen LogP contribution in [-0.4, -0.2) is 8.42 Å². The molecule has 7 heteroatoms. The van der Waals surface area contributed by atoms with Crippen molar-refractivity contribution in [3.63, 3.8) is 0 Å². The van der Waals surface area contributed by atoms with Gasteiger partial charge in [-0.1, -0.05) is 6.07 Å². The van der Waals surface area contributed by atoms with Crippen molar-refractivity contribution in [2.24, 2.45) is 0 Å². The fourth-order valence-corrected chi connectivity index (χ4v) is 3.74. The molecule has 0 aliphatic carbocycles. The summed E-state index contributed by atoms with van der Waals surface area (Å²) in [6.07, 6.45) is 0. The Hall–Kier alpha value is -0.280. The van der Waals surface area contributed by atoms with Crippen LogP contribution in [0.25, 0.3) is 0 Å². The van der Waals surface area contributed by atoms with Gasteiger partial charge in [0.15, 0.2) is 0 Å². The highest BCUT2D eigenvalue weighted by Gasteiger charge is 2.21. The number of nitrogens with zero attached hydrogens (tertiary/aromatic N) is 1. The minimum Gasteiger partial charge on any atom is -0.207 e. The van der Waals surface area contributed by atoms with Gasteiger partial charge < -0.3 is 0 Å². The van der Waals surface area contributed by atoms with Gasteiger partial charge in [-0.05, 0) is 27.6 Å². The third kappa shape index (κ3) is 2.64. The summed E-state index contributed by atoms with van der Waals surface area (Å²) >= 11 is 8.61. The number of benzene rings is 1. The molecule has 0 radical (unpaired) electrons. The third-order valence-electron chi connectivity index (χ3n) is 1.70. The first kappa shape index (κ1) is 12.8. The Morgan fingerprint density at radius 1 is 1.47 bits per heavy atom. The Bertz CT molecular complexity index is 536. The van der Waals surface area contributed by atoms with Gasteiger partial charge in [-0.15, -0.1) is 11.6 Å². The number of nitriles is 1. The summed E-state index contributed by atoms with van der Waals surface area (Å²) in [5, 5.41) is 8.87. The smallest absolute Gasteiger partial charge is 0.207 e. The van der Waals surface area contributed by atoms with E-state index in [0.717, 1.165) is 0 Å². The molecular formula is C8H4BrCl2NO2S. The highest BCUT2D eigenvalue weighted by Crippen LogP contribution is 2.31. The van der Waals surface area contributed by atoms with Crippen molar-refractivity contribution < 1.29 is 8.42 Å². The molecule has 0 saturated heterocycles. The van der Waals surface area contributed by atoms with Crippen molar-refractivity contribution >= 4 is 47.3 Å². The minimum atomic E-state index is -3.96. The van der Waals surface area contributed by atoms with Crippen LogP contribution in [0, 0.1) is 11.3 Å². The maximum absolute atomic E-state index is 11.2. The van der Waals surface area contributed by atoms with Crippen LogP contribution < -0.4 is 0 Å². The van der Waals surface area contributed by atoms with E-state index in [2.05, 4.69) is 15.9 Å². The molecule has 1 rings (SSSR count). The largest absolute Gasteiger partial charge is 0.263 e. The van der Waals surface area contributed by atoms with E-state index in [1.54, 1.807) is 12.1 Å². The molecule has 1 aromatic rings. The molecule has 0 atom stereocenters. The quantitative estimate of drug-likeness (QED) is 0.619. The lowest BCUT2D eigenvalue weighted by Crippen LogP contribution is -2.00. The van der Waals surface area contributed by atoms with Crippen LogP contribution in [0.3, 0.4) is 0 Å². The van der Waals surface area contributed by atoms with Crippen LogP contribution in [0.5, 0.6) is 0 Å². The second-order valence-corrected chi connectivity index (χ2v) is 6.22. The molecule has 15 heavy (non-hydrogen) atoms. The van der Waals surface area contributed by atoms with E-state index in [0.29, 0.717) is 5.56 Å². The molecule has 0 aliphatic heterocycles. The summed E-state index contributed by atoms with van der Waals surface area (Å²) in [4.78, 5) is -0.232. The van der Waals surface area contributed by atoms with Crippen LogP contribution in [0.2, 0.25) is 0 Å². The van der Waals surface area contributed by atoms with Gasteiger partial charge in [0.2, 0.25) is 0 Å². The second kappa shape index (κ2) is 4.71. The third-order valence-corrected chi connectivity index (χ3v) is 4.28. The Morgan fingerprint density at radius 3 is 2.47 bits per heavy atom. The van der Waals surface area contributed by atoms with Crippen LogP contribution in [0.4, 0.5) is 0 Å². The van der Waals surface area contributed by atoms with Gasteiger partial charge in [0, 0.05) is 21.0 Å². The Balaban J connectivity index is 3.71. The minimum absolute atomic E-state index is 0.0191. The summed E-state index contributed by atoms with van der Waals surface area (Å²) in [6.45, 7) is 0. The van der Waals surface area contributed by atoms with Gasteiger partial charge in [0.1, 0.15) is 11.0 Å². The molecule has 3 nitrogen and oxygen atoms in total. The summed E-state index contributed by atoms with van der Waals surface area (Å²) in [6, 6.07) is 4.85. The predicted octanol–water partition coefficient (Wildman–Crippen LogP) is 2.99. The lowest BCUT2D eigenvalue weighted by atomic mass is 10.1. The zero-order valence-electron chi connectivity index (χ0n) is 7.17. The van der Waals surface area contributed by atoms with Gasteiger partial charge in [0.25, 0.3) is 9.05 Å². The van der Waals surface area contributed by atoms with Crippen molar-refractivity contribution in [2.45, 2.75) is 10.8 Å². The van der Waals surface area contributed by atoms with E-state index in [1.165, 1.54) is 6.07 Å². The molecule has 0 fully saturated rings. The van der Waals surface area contributed by atoms with Crippen LogP contribution >= 0.6 is 38.2 Å². The zero-order chi connectivity index (χ0) is 11.6. The highest BCUT2D eigenvalue weighted by molar-refractivity contribution is 9.10. The average Bonchev–Trinajstić information content (AvgIpc) is 2.15. The van der Waals surface area contributed by atoms with Gasteiger partial charge in [-0.25, -0.2) is 8.42 Å². The molecule has 0 heterocycles. The lowest BCUT2D eigenvalue weighted by molar-refractivity contribution is 0.609. The summed E-state index contributed by atoms with van der Waals surface area (Å²) in [5.41, 5.74) is 0.413. The maximum atomic E-state index is 11.2. The maximum Gasteiger partial charge on any atom is 0.263 e. The van der Waals surface area contributed by atoms with Crippen molar-refractivity contribution in [3.8, 4) is 6.07 Å². The first-order valence-corrected chi connectivity index (χ1v) is 7.27. The molecule has 0 N–H and O–H groups in total.